The fourth-order valence-corrected chi connectivity index (χ4v) is 0.944. The van der Waals surface area contributed by atoms with Crippen molar-refractivity contribution in [3.8, 4) is 0 Å². The first-order valence-corrected chi connectivity index (χ1v) is 4.03. The van der Waals surface area contributed by atoms with Crippen LogP contribution < -0.4 is 5.73 Å². The molecule has 0 aliphatic rings. The average molecular weight is 157 g/mol. The molecule has 0 bridgehead atoms. The molecule has 0 amide bonds. The van der Waals surface area contributed by atoms with Gasteiger partial charge in [-0.1, -0.05) is 6.92 Å². The molecule has 1 atom stereocenters. The van der Waals surface area contributed by atoms with Crippen LogP contribution in [-0.2, 0) is 0 Å². The molecule has 11 heavy (non-hydrogen) atoms. The molecule has 0 radical (unpaired) electrons. The molecule has 0 heterocycles. The van der Waals surface area contributed by atoms with Crippen LogP contribution in [-0.4, -0.2) is 37.4 Å². The summed E-state index contributed by atoms with van der Waals surface area (Å²) in [4.78, 5) is 6.40. The van der Waals surface area contributed by atoms with E-state index in [1.807, 2.05) is 21.0 Å². The van der Waals surface area contributed by atoms with Crippen LogP contribution in [0, 0.1) is 0 Å². The summed E-state index contributed by atoms with van der Waals surface area (Å²) in [5.74, 6) is 0.749. The highest BCUT2D eigenvalue weighted by Crippen LogP contribution is 1.92. The molecule has 0 aliphatic heterocycles. The molecule has 0 saturated carbocycles. The minimum absolute atomic E-state index is 0.310. The first-order chi connectivity index (χ1) is 5.06. The van der Waals surface area contributed by atoms with Gasteiger partial charge in [0, 0.05) is 13.0 Å². The van der Waals surface area contributed by atoms with Gasteiger partial charge in [-0.3, -0.25) is 4.99 Å². The van der Waals surface area contributed by atoms with Crippen LogP contribution in [0.1, 0.15) is 20.3 Å². The second kappa shape index (κ2) is 5.13. The molecule has 0 spiro atoms. The van der Waals surface area contributed by atoms with Crippen molar-refractivity contribution in [3.05, 3.63) is 0 Å². The largest absolute Gasteiger partial charge is 0.387 e. The van der Waals surface area contributed by atoms with Gasteiger partial charge >= 0.3 is 0 Å². The standard InChI is InChI=1S/C8H19N3/c1-5-8(9)10-7(2)6-11(3)4/h7H,5-6H2,1-4H3,(H2,9,10). The number of likely N-dealkylation sites (N-methyl/N-ethyl adjacent to an activating group) is 1. The van der Waals surface area contributed by atoms with E-state index in [2.05, 4.69) is 16.8 Å². The first kappa shape index (κ1) is 10.4. The Balaban J connectivity index is 3.75. The van der Waals surface area contributed by atoms with Gasteiger partial charge in [-0.15, -0.1) is 0 Å². The Morgan fingerprint density at radius 2 is 2.09 bits per heavy atom. The molecule has 0 aromatic carbocycles. The zero-order valence-corrected chi connectivity index (χ0v) is 7.96. The van der Waals surface area contributed by atoms with Crippen molar-refractivity contribution in [2.24, 2.45) is 10.7 Å². The van der Waals surface area contributed by atoms with Gasteiger partial charge in [0.05, 0.1) is 11.9 Å². The van der Waals surface area contributed by atoms with Crippen molar-refractivity contribution in [1.29, 1.82) is 0 Å². The lowest BCUT2D eigenvalue weighted by Gasteiger charge is -2.13. The van der Waals surface area contributed by atoms with Crippen molar-refractivity contribution in [2.45, 2.75) is 26.3 Å². The van der Waals surface area contributed by atoms with Gasteiger partial charge in [0.1, 0.15) is 0 Å². The summed E-state index contributed by atoms with van der Waals surface area (Å²) in [6.07, 6.45) is 0.845. The third-order valence-corrected chi connectivity index (χ3v) is 1.38. The highest BCUT2D eigenvalue weighted by molar-refractivity contribution is 5.80. The number of hydrogen-bond acceptors (Lipinski definition) is 2. The van der Waals surface area contributed by atoms with E-state index >= 15 is 0 Å². The zero-order chi connectivity index (χ0) is 8.85. The Bertz CT molecular complexity index is 129. The number of aliphatic imine (C=N–C) groups is 1. The van der Waals surface area contributed by atoms with E-state index in [0.717, 1.165) is 18.8 Å². The fraction of sp³-hybridized carbons (Fsp3) is 0.875. The summed E-state index contributed by atoms with van der Waals surface area (Å²) >= 11 is 0. The minimum Gasteiger partial charge on any atom is -0.387 e. The number of amidine groups is 1. The van der Waals surface area contributed by atoms with Gasteiger partial charge in [0.15, 0.2) is 0 Å². The summed E-state index contributed by atoms with van der Waals surface area (Å²) in [7, 11) is 4.07. The molecule has 0 fully saturated rings. The van der Waals surface area contributed by atoms with Crippen molar-refractivity contribution >= 4 is 5.84 Å². The van der Waals surface area contributed by atoms with E-state index in [0.29, 0.717) is 6.04 Å². The Kier molecular flexibility index (Phi) is 4.86. The predicted molar refractivity (Wildman–Crippen MR) is 49.9 cm³/mol. The van der Waals surface area contributed by atoms with Gasteiger partial charge in [0.2, 0.25) is 0 Å². The normalized spacial score (nSPS) is 15.5. The van der Waals surface area contributed by atoms with Crippen LogP contribution in [0.25, 0.3) is 0 Å². The molecular formula is C8H19N3. The number of nitrogens with zero attached hydrogens (tertiary/aromatic N) is 2. The average Bonchev–Trinajstić information content (AvgIpc) is 1.85. The summed E-state index contributed by atoms with van der Waals surface area (Å²) in [6, 6.07) is 0.310. The van der Waals surface area contributed by atoms with E-state index in [4.69, 9.17) is 5.73 Å². The molecule has 0 aromatic rings. The molecular weight excluding hydrogens is 138 g/mol. The van der Waals surface area contributed by atoms with Gasteiger partial charge < -0.3 is 10.6 Å². The highest BCUT2D eigenvalue weighted by atomic mass is 15.1. The van der Waals surface area contributed by atoms with E-state index < -0.39 is 0 Å². The van der Waals surface area contributed by atoms with Crippen molar-refractivity contribution < 1.29 is 0 Å². The van der Waals surface area contributed by atoms with Gasteiger partial charge in [-0.05, 0) is 21.0 Å². The maximum absolute atomic E-state index is 5.58. The first-order valence-electron chi connectivity index (χ1n) is 4.03. The van der Waals surface area contributed by atoms with E-state index in [1.165, 1.54) is 0 Å². The Morgan fingerprint density at radius 3 is 2.45 bits per heavy atom. The molecule has 1 unspecified atom stereocenters. The maximum Gasteiger partial charge on any atom is 0.0938 e. The molecule has 2 N–H and O–H groups in total. The van der Waals surface area contributed by atoms with E-state index in [9.17, 15) is 0 Å². The smallest absolute Gasteiger partial charge is 0.0938 e. The Hall–Kier alpha value is -0.570. The number of rotatable bonds is 4. The molecule has 3 nitrogen and oxygen atoms in total. The Morgan fingerprint density at radius 1 is 1.55 bits per heavy atom. The van der Waals surface area contributed by atoms with Crippen molar-refractivity contribution in [1.82, 2.24) is 4.90 Å². The topological polar surface area (TPSA) is 41.6 Å². The maximum atomic E-state index is 5.58. The molecule has 0 aromatic heterocycles. The van der Waals surface area contributed by atoms with Crippen LogP contribution in [0.4, 0.5) is 0 Å². The SMILES string of the molecule is CCC(N)=NC(C)CN(C)C. The van der Waals surface area contributed by atoms with Crippen molar-refractivity contribution in [2.75, 3.05) is 20.6 Å². The van der Waals surface area contributed by atoms with Crippen LogP contribution in [0.15, 0.2) is 4.99 Å². The third kappa shape index (κ3) is 5.85. The van der Waals surface area contributed by atoms with Gasteiger partial charge in [0.25, 0.3) is 0 Å². The Labute approximate surface area is 69.3 Å². The van der Waals surface area contributed by atoms with Crippen LogP contribution in [0.2, 0.25) is 0 Å². The summed E-state index contributed by atoms with van der Waals surface area (Å²) in [5.41, 5.74) is 5.58. The molecule has 0 saturated heterocycles. The lowest BCUT2D eigenvalue weighted by Crippen LogP contribution is -2.24. The third-order valence-electron chi connectivity index (χ3n) is 1.38. The second-order valence-electron chi connectivity index (χ2n) is 3.09. The van der Waals surface area contributed by atoms with Crippen LogP contribution in [0.5, 0.6) is 0 Å². The minimum atomic E-state index is 0.310. The zero-order valence-electron chi connectivity index (χ0n) is 7.96. The summed E-state index contributed by atoms with van der Waals surface area (Å²) < 4.78 is 0. The molecule has 0 aliphatic carbocycles. The number of hydrogen-bond donors (Lipinski definition) is 1. The van der Waals surface area contributed by atoms with Gasteiger partial charge in [-0.25, -0.2) is 0 Å². The molecule has 0 rings (SSSR count). The fourth-order valence-electron chi connectivity index (χ4n) is 0.944. The monoisotopic (exact) mass is 157 g/mol. The van der Waals surface area contributed by atoms with E-state index in [-0.39, 0.29) is 0 Å². The summed E-state index contributed by atoms with van der Waals surface area (Å²) in [6.45, 7) is 5.05. The lowest BCUT2D eigenvalue weighted by molar-refractivity contribution is 0.383. The second-order valence-corrected chi connectivity index (χ2v) is 3.09. The van der Waals surface area contributed by atoms with Gasteiger partial charge in [-0.2, -0.15) is 0 Å². The number of nitrogens with two attached hydrogens (primary N) is 1. The lowest BCUT2D eigenvalue weighted by atomic mass is 10.3. The highest BCUT2D eigenvalue weighted by Gasteiger charge is 2.00. The molecule has 66 valence electrons. The van der Waals surface area contributed by atoms with E-state index in [1.54, 1.807) is 0 Å². The summed E-state index contributed by atoms with van der Waals surface area (Å²) in [5, 5.41) is 0. The van der Waals surface area contributed by atoms with Crippen LogP contribution in [0.3, 0.4) is 0 Å². The quantitative estimate of drug-likeness (QED) is 0.482. The predicted octanol–water partition coefficient (Wildman–Crippen LogP) is 0.704. The molecule has 3 heteroatoms. The van der Waals surface area contributed by atoms with Crippen LogP contribution >= 0.6 is 0 Å². The van der Waals surface area contributed by atoms with Crippen molar-refractivity contribution in [3.63, 3.8) is 0 Å².